The van der Waals surface area contributed by atoms with E-state index in [-0.39, 0.29) is 0 Å². The first-order valence-corrected chi connectivity index (χ1v) is 7.21. The van der Waals surface area contributed by atoms with E-state index in [4.69, 9.17) is 0 Å². The van der Waals surface area contributed by atoms with Gasteiger partial charge in [0.2, 0.25) is 0 Å². The normalized spacial score (nSPS) is 32.5. The molecule has 1 N–H and O–H groups in total. The van der Waals surface area contributed by atoms with Crippen LogP contribution in [-0.2, 0) is 4.79 Å². The summed E-state index contributed by atoms with van der Waals surface area (Å²) < 4.78 is 0. The molecule has 1 saturated heterocycles. The standard InChI is InChI=1S/C14H25NO2/c1-2-14(13(16)17)10-7-11-15(14)12-8-5-3-4-6-9-12/h12H,2-11H2,1H3,(H,16,17). The van der Waals surface area contributed by atoms with Crippen molar-refractivity contribution in [1.29, 1.82) is 0 Å². The maximum absolute atomic E-state index is 11.7. The largest absolute Gasteiger partial charge is 0.480 e. The molecule has 1 aliphatic carbocycles. The molecule has 2 fully saturated rings. The highest BCUT2D eigenvalue weighted by molar-refractivity contribution is 5.79. The molecule has 2 aliphatic rings. The minimum Gasteiger partial charge on any atom is -0.480 e. The zero-order chi connectivity index (χ0) is 12.3. The Balaban J connectivity index is 2.14. The lowest BCUT2D eigenvalue weighted by atomic mass is 9.90. The monoisotopic (exact) mass is 239 g/mol. The van der Waals surface area contributed by atoms with Gasteiger partial charge in [0.05, 0.1) is 0 Å². The molecule has 1 atom stereocenters. The van der Waals surface area contributed by atoms with E-state index in [1.807, 2.05) is 6.92 Å². The Morgan fingerprint density at radius 1 is 1.24 bits per heavy atom. The molecule has 17 heavy (non-hydrogen) atoms. The Kier molecular flexibility index (Phi) is 4.08. The summed E-state index contributed by atoms with van der Waals surface area (Å²) in [5.41, 5.74) is -0.547. The van der Waals surface area contributed by atoms with Gasteiger partial charge in [0.1, 0.15) is 5.54 Å². The SMILES string of the molecule is CCC1(C(=O)O)CCCN1C1CCCCCC1. The number of hydrogen-bond donors (Lipinski definition) is 1. The number of aliphatic carboxylic acids is 1. The van der Waals surface area contributed by atoms with Gasteiger partial charge in [-0.05, 0) is 38.6 Å². The lowest BCUT2D eigenvalue weighted by molar-refractivity contribution is -0.151. The van der Waals surface area contributed by atoms with Gasteiger partial charge in [0.25, 0.3) is 0 Å². The van der Waals surface area contributed by atoms with Crippen LogP contribution in [0.3, 0.4) is 0 Å². The first-order chi connectivity index (χ1) is 8.20. The number of carboxylic acid groups (broad SMARTS) is 1. The van der Waals surface area contributed by atoms with Gasteiger partial charge in [-0.25, -0.2) is 0 Å². The molecule has 0 amide bonds. The topological polar surface area (TPSA) is 40.5 Å². The molecule has 0 spiro atoms. The summed E-state index contributed by atoms with van der Waals surface area (Å²) in [5.74, 6) is -0.596. The molecule has 98 valence electrons. The minimum atomic E-state index is -0.596. The van der Waals surface area contributed by atoms with Crippen LogP contribution in [0.15, 0.2) is 0 Å². The molecule has 0 bridgehead atoms. The van der Waals surface area contributed by atoms with Crippen LogP contribution in [0.25, 0.3) is 0 Å². The van der Waals surface area contributed by atoms with E-state index >= 15 is 0 Å². The van der Waals surface area contributed by atoms with Crippen molar-refractivity contribution in [2.75, 3.05) is 6.54 Å². The van der Waals surface area contributed by atoms with E-state index in [0.29, 0.717) is 6.04 Å². The molecule has 1 aliphatic heterocycles. The molecule has 3 heteroatoms. The molecule has 1 saturated carbocycles. The van der Waals surface area contributed by atoms with E-state index in [2.05, 4.69) is 4.90 Å². The van der Waals surface area contributed by atoms with Crippen molar-refractivity contribution in [3.05, 3.63) is 0 Å². The van der Waals surface area contributed by atoms with Gasteiger partial charge in [-0.3, -0.25) is 9.69 Å². The van der Waals surface area contributed by atoms with Crippen molar-refractivity contribution in [3.8, 4) is 0 Å². The summed E-state index contributed by atoms with van der Waals surface area (Å²) in [6.07, 6.45) is 10.3. The molecule has 1 unspecified atom stereocenters. The number of carboxylic acids is 1. The van der Waals surface area contributed by atoms with Crippen LogP contribution in [-0.4, -0.2) is 34.1 Å². The first-order valence-electron chi connectivity index (χ1n) is 7.21. The maximum Gasteiger partial charge on any atom is 0.324 e. The van der Waals surface area contributed by atoms with Crippen molar-refractivity contribution >= 4 is 5.97 Å². The Morgan fingerprint density at radius 3 is 2.41 bits per heavy atom. The van der Waals surface area contributed by atoms with Crippen LogP contribution in [0.1, 0.15) is 64.7 Å². The highest BCUT2D eigenvalue weighted by Gasteiger charge is 2.48. The second kappa shape index (κ2) is 5.38. The molecule has 0 aromatic carbocycles. The van der Waals surface area contributed by atoms with Crippen molar-refractivity contribution in [3.63, 3.8) is 0 Å². The van der Waals surface area contributed by atoms with E-state index in [0.717, 1.165) is 25.8 Å². The van der Waals surface area contributed by atoms with Gasteiger partial charge in [-0.15, -0.1) is 0 Å². The number of rotatable bonds is 3. The summed E-state index contributed by atoms with van der Waals surface area (Å²) in [6.45, 7) is 3.02. The predicted molar refractivity (Wildman–Crippen MR) is 68.1 cm³/mol. The predicted octanol–water partition coefficient (Wildman–Crippen LogP) is 3.04. The zero-order valence-corrected chi connectivity index (χ0v) is 11.0. The van der Waals surface area contributed by atoms with Crippen molar-refractivity contribution in [2.24, 2.45) is 0 Å². The van der Waals surface area contributed by atoms with E-state index < -0.39 is 11.5 Å². The summed E-state index contributed by atoms with van der Waals surface area (Å²) in [4.78, 5) is 14.0. The number of hydrogen-bond acceptors (Lipinski definition) is 2. The van der Waals surface area contributed by atoms with Crippen LogP contribution < -0.4 is 0 Å². The van der Waals surface area contributed by atoms with E-state index in [1.54, 1.807) is 0 Å². The summed E-state index contributed by atoms with van der Waals surface area (Å²) >= 11 is 0. The first kappa shape index (κ1) is 12.9. The lowest BCUT2D eigenvalue weighted by Crippen LogP contribution is -2.54. The Morgan fingerprint density at radius 2 is 1.88 bits per heavy atom. The average molecular weight is 239 g/mol. The van der Waals surface area contributed by atoms with Crippen molar-refractivity contribution in [2.45, 2.75) is 76.3 Å². The summed E-state index contributed by atoms with van der Waals surface area (Å²) in [6, 6.07) is 0.524. The second-order valence-electron chi connectivity index (χ2n) is 5.63. The van der Waals surface area contributed by atoms with Gasteiger partial charge >= 0.3 is 5.97 Å². The van der Waals surface area contributed by atoms with Gasteiger partial charge in [0, 0.05) is 6.04 Å². The highest BCUT2D eigenvalue weighted by Crippen LogP contribution is 2.37. The second-order valence-corrected chi connectivity index (χ2v) is 5.63. The molecule has 1 heterocycles. The van der Waals surface area contributed by atoms with E-state index in [9.17, 15) is 9.90 Å². The summed E-state index contributed by atoms with van der Waals surface area (Å²) in [5, 5.41) is 9.59. The fourth-order valence-electron chi connectivity index (χ4n) is 3.76. The van der Waals surface area contributed by atoms with Crippen molar-refractivity contribution < 1.29 is 9.90 Å². The van der Waals surface area contributed by atoms with Crippen LogP contribution in [0.2, 0.25) is 0 Å². The average Bonchev–Trinajstić information content (AvgIpc) is 2.58. The maximum atomic E-state index is 11.7. The van der Waals surface area contributed by atoms with E-state index in [1.165, 1.54) is 38.5 Å². The Hall–Kier alpha value is -0.570. The highest BCUT2D eigenvalue weighted by atomic mass is 16.4. The molecular weight excluding hydrogens is 214 g/mol. The third kappa shape index (κ3) is 2.35. The fourth-order valence-corrected chi connectivity index (χ4v) is 3.76. The minimum absolute atomic E-state index is 0.524. The molecule has 2 rings (SSSR count). The molecular formula is C14H25NO2. The van der Waals surface area contributed by atoms with Gasteiger partial charge < -0.3 is 5.11 Å². The fraction of sp³-hybridized carbons (Fsp3) is 0.929. The smallest absolute Gasteiger partial charge is 0.324 e. The quantitative estimate of drug-likeness (QED) is 0.770. The van der Waals surface area contributed by atoms with Gasteiger partial charge in [-0.1, -0.05) is 32.6 Å². The van der Waals surface area contributed by atoms with Crippen molar-refractivity contribution in [1.82, 2.24) is 4.90 Å². The lowest BCUT2D eigenvalue weighted by Gasteiger charge is -2.39. The Labute approximate surface area is 104 Å². The molecule has 3 nitrogen and oxygen atoms in total. The zero-order valence-electron chi connectivity index (χ0n) is 11.0. The summed E-state index contributed by atoms with van der Waals surface area (Å²) in [7, 11) is 0. The van der Waals surface area contributed by atoms with Gasteiger partial charge in [0.15, 0.2) is 0 Å². The van der Waals surface area contributed by atoms with Crippen LogP contribution >= 0.6 is 0 Å². The number of carbonyl (C=O) groups is 1. The number of nitrogens with zero attached hydrogens (tertiary/aromatic N) is 1. The molecule has 0 aromatic heterocycles. The Bertz CT molecular complexity index is 271. The molecule has 0 radical (unpaired) electrons. The van der Waals surface area contributed by atoms with Crippen LogP contribution in [0.5, 0.6) is 0 Å². The third-order valence-corrected chi connectivity index (χ3v) is 4.79. The molecule has 0 aromatic rings. The third-order valence-electron chi connectivity index (χ3n) is 4.79. The van der Waals surface area contributed by atoms with Crippen LogP contribution in [0, 0.1) is 0 Å². The number of likely N-dealkylation sites (tertiary alicyclic amines) is 1. The van der Waals surface area contributed by atoms with Crippen LogP contribution in [0.4, 0.5) is 0 Å². The van der Waals surface area contributed by atoms with Gasteiger partial charge in [-0.2, -0.15) is 0 Å².